The molecule has 2 rings (SSSR count). The van der Waals surface area contributed by atoms with Gasteiger partial charge in [-0.3, -0.25) is 0 Å². The molecular weight excluding hydrogens is 229 g/mol. The van der Waals surface area contributed by atoms with Gasteiger partial charge in [-0.2, -0.15) is 0 Å². The molecule has 1 saturated heterocycles. The van der Waals surface area contributed by atoms with Crippen LogP contribution in [0.3, 0.4) is 0 Å². The molecule has 1 aromatic rings. The normalized spacial score (nSPS) is 15.9. The quantitative estimate of drug-likeness (QED) is 0.874. The van der Waals surface area contributed by atoms with Gasteiger partial charge in [0.15, 0.2) is 0 Å². The van der Waals surface area contributed by atoms with Gasteiger partial charge in [-0.05, 0) is 25.2 Å². The first-order valence-corrected chi connectivity index (χ1v) is 6.61. The predicted octanol–water partition coefficient (Wildman–Crippen LogP) is 2.65. The summed E-state index contributed by atoms with van der Waals surface area (Å²) in [7, 11) is 3.94. The maximum absolute atomic E-state index is 13.7. The third kappa shape index (κ3) is 3.60. The molecule has 0 aromatic heterocycles. The average molecular weight is 253 g/mol. The van der Waals surface area contributed by atoms with E-state index in [1.807, 2.05) is 27.0 Å². The molecule has 1 fully saturated rings. The van der Waals surface area contributed by atoms with E-state index in [4.69, 9.17) is 0 Å². The summed E-state index contributed by atoms with van der Waals surface area (Å²) in [4.78, 5) is 4.37. The second kappa shape index (κ2) is 7.21. The van der Waals surface area contributed by atoms with Crippen LogP contribution in [0.5, 0.6) is 0 Å². The van der Waals surface area contributed by atoms with E-state index in [1.165, 1.54) is 6.07 Å². The Balaban J connectivity index is 0.000000771. The minimum absolute atomic E-state index is 0.136. The maximum atomic E-state index is 13.7. The smallest absolute Gasteiger partial charge is 0.146 e. The molecule has 1 N–H and O–H groups in total. The van der Waals surface area contributed by atoms with Crippen molar-refractivity contribution in [2.24, 2.45) is 0 Å². The Kier molecular flexibility index (Phi) is 5.92. The Morgan fingerprint density at radius 3 is 2.28 bits per heavy atom. The number of halogens is 1. The molecule has 0 unspecified atom stereocenters. The van der Waals surface area contributed by atoms with Crippen molar-refractivity contribution in [2.45, 2.75) is 13.8 Å². The molecule has 1 aliphatic heterocycles. The Bertz CT molecular complexity index is 360. The van der Waals surface area contributed by atoms with Crippen molar-refractivity contribution in [1.29, 1.82) is 0 Å². The van der Waals surface area contributed by atoms with Crippen molar-refractivity contribution >= 4 is 11.4 Å². The van der Waals surface area contributed by atoms with E-state index in [0.717, 1.165) is 31.9 Å². The lowest BCUT2D eigenvalue weighted by Gasteiger charge is -2.34. The number of likely N-dealkylation sites (N-methyl/N-ethyl adjacent to an activating group) is 1. The van der Waals surface area contributed by atoms with Crippen molar-refractivity contribution < 1.29 is 4.39 Å². The highest BCUT2D eigenvalue weighted by molar-refractivity contribution is 5.59. The van der Waals surface area contributed by atoms with Gasteiger partial charge in [0.2, 0.25) is 0 Å². The first kappa shape index (κ1) is 14.8. The number of benzene rings is 1. The molecule has 18 heavy (non-hydrogen) atoms. The zero-order chi connectivity index (χ0) is 13.5. The van der Waals surface area contributed by atoms with Crippen molar-refractivity contribution in [3.05, 3.63) is 24.0 Å². The molecule has 102 valence electrons. The number of nitrogens with zero attached hydrogens (tertiary/aromatic N) is 2. The number of hydrogen-bond donors (Lipinski definition) is 1. The van der Waals surface area contributed by atoms with Crippen LogP contribution in [0.1, 0.15) is 13.8 Å². The monoisotopic (exact) mass is 253 g/mol. The third-order valence-corrected chi connectivity index (χ3v) is 3.08. The van der Waals surface area contributed by atoms with Crippen LogP contribution in [0.25, 0.3) is 0 Å². The molecule has 0 saturated carbocycles. The molecule has 0 aliphatic carbocycles. The fourth-order valence-corrected chi connectivity index (χ4v) is 1.96. The van der Waals surface area contributed by atoms with Gasteiger partial charge in [-0.15, -0.1) is 0 Å². The van der Waals surface area contributed by atoms with Crippen LogP contribution in [0.2, 0.25) is 0 Å². The summed E-state index contributed by atoms with van der Waals surface area (Å²) in [6, 6.07) is 5.16. The summed E-state index contributed by atoms with van der Waals surface area (Å²) in [6.07, 6.45) is 0. The number of piperazine rings is 1. The topological polar surface area (TPSA) is 18.5 Å². The second-order valence-corrected chi connectivity index (χ2v) is 4.21. The van der Waals surface area contributed by atoms with E-state index in [1.54, 1.807) is 6.07 Å². The average Bonchev–Trinajstić information content (AvgIpc) is 2.43. The number of anilines is 2. The molecular formula is C14H24FN3. The van der Waals surface area contributed by atoms with E-state index in [-0.39, 0.29) is 5.82 Å². The maximum Gasteiger partial charge on any atom is 0.146 e. The number of hydrogen-bond acceptors (Lipinski definition) is 3. The molecule has 1 aromatic carbocycles. The highest BCUT2D eigenvalue weighted by Crippen LogP contribution is 2.24. The zero-order valence-corrected chi connectivity index (χ0v) is 11.8. The van der Waals surface area contributed by atoms with Crippen LogP contribution in [0.15, 0.2) is 18.2 Å². The summed E-state index contributed by atoms with van der Waals surface area (Å²) >= 11 is 0. The Morgan fingerprint density at radius 1 is 1.11 bits per heavy atom. The highest BCUT2D eigenvalue weighted by Gasteiger charge is 2.17. The summed E-state index contributed by atoms with van der Waals surface area (Å²) < 4.78 is 13.7. The second-order valence-electron chi connectivity index (χ2n) is 4.21. The third-order valence-electron chi connectivity index (χ3n) is 3.08. The standard InChI is InChI=1S/C12H18FN3.C2H6/c1-14-10-3-4-11(13)12(9-10)16-7-5-15(2)6-8-16;1-2/h3-4,9,14H,5-8H2,1-2H3;1-2H3. The van der Waals surface area contributed by atoms with Crippen LogP contribution in [-0.4, -0.2) is 45.2 Å². The van der Waals surface area contributed by atoms with Crippen LogP contribution in [-0.2, 0) is 0 Å². The summed E-state index contributed by atoms with van der Waals surface area (Å²) in [5, 5.41) is 3.04. The van der Waals surface area contributed by atoms with Gasteiger partial charge in [0.05, 0.1) is 5.69 Å². The van der Waals surface area contributed by atoms with Gasteiger partial charge in [0.25, 0.3) is 0 Å². The molecule has 0 amide bonds. The molecule has 0 atom stereocenters. The van der Waals surface area contributed by atoms with Gasteiger partial charge in [-0.25, -0.2) is 4.39 Å². The lowest BCUT2D eigenvalue weighted by molar-refractivity contribution is 0.311. The summed E-state index contributed by atoms with van der Waals surface area (Å²) in [5.74, 6) is -0.136. The Labute approximate surface area is 110 Å². The number of rotatable bonds is 2. The van der Waals surface area contributed by atoms with Gasteiger partial charge in [-0.1, -0.05) is 13.8 Å². The minimum atomic E-state index is -0.136. The van der Waals surface area contributed by atoms with Gasteiger partial charge in [0.1, 0.15) is 5.82 Å². The van der Waals surface area contributed by atoms with Crippen molar-refractivity contribution in [1.82, 2.24) is 4.90 Å². The zero-order valence-electron chi connectivity index (χ0n) is 11.8. The van der Waals surface area contributed by atoms with E-state index in [0.29, 0.717) is 5.69 Å². The first-order valence-electron chi connectivity index (χ1n) is 6.61. The van der Waals surface area contributed by atoms with Crippen LogP contribution >= 0.6 is 0 Å². The SMILES string of the molecule is CC.CNc1ccc(F)c(N2CCN(C)CC2)c1. The van der Waals surface area contributed by atoms with Crippen LogP contribution in [0.4, 0.5) is 15.8 Å². The van der Waals surface area contributed by atoms with E-state index < -0.39 is 0 Å². The summed E-state index contributed by atoms with van der Waals surface area (Å²) in [5.41, 5.74) is 1.66. The van der Waals surface area contributed by atoms with E-state index >= 15 is 0 Å². The minimum Gasteiger partial charge on any atom is -0.388 e. The Morgan fingerprint density at radius 2 is 1.72 bits per heavy atom. The van der Waals surface area contributed by atoms with E-state index in [2.05, 4.69) is 22.2 Å². The van der Waals surface area contributed by atoms with Crippen molar-refractivity contribution in [2.75, 3.05) is 50.5 Å². The molecule has 1 heterocycles. The fourth-order valence-electron chi connectivity index (χ4n) is 1.96. The van der Waals surface area contributed by atoms with E-state index in [9.17, 15) is 4.39 Å². The van der Waals surface area contributed by atoms with Gasteiger partial charge in [0, 0.05) is 38.9 Å². The van der Waals surface area contributed by atoms with Gasteiger partial charge >= 0.3 is 0 Å². The lowest BCUT2D eigenvalue weighted by Crippen LogP contribution is -2.44. The molecule has 4 heteroatoms. The molecule has 1 aliphatic rings. The van der Waals surface area contributed by atoms with Crippen LogP contribution < -0.4 is 10.2 Å². The molecule has 0 bridgehead atoms. The number of nitrogens with one attached hydrogen (secondary N) is 1. The molecule has 0 spiro atoms. The predicted molar refractivity (Wildman–Crippen MR) is 77.0 cm³/mol. The van der Waals surface area contributed by atoms with Crippen LogP contribution in [0, 0.1) is 5.82 Å². The fraction of sp³-hybridized carbons (Fsp3) is 0.571. The Hall–Kier alpha value is -1.29. The largest absolute Gasteiger partial charge is 0.388 e. The highest BCUT2D eigenvalue weighted by atomic mass is 19.1. The van der Waals surface area contributed by atoms with Gasteiger partial charge < -0.3 is 15.1 Å². The van der Waals surface area contributed by atoms with Crippen molar-refractivity contribution in [3.63, 3.8) is 0 Å². The summed E-state index contributed by atoms with van der Waals surface area (Å²) in [6.45, 7) is 7.76. The lowest BCUT2D eigenvalue weighted by atomic mass is 10.2. The molecule has 0 radical (unpaired) electrons. The first-order chi connectivity index (χ1) is 8.70. The van der Waals surface area contributed by atoms with Crippen molar-refractivity contribution in [3.8, 4) is 0 Å². The molecule has 3 nitrogen and oxygen atoms in total.